The molecule has 0 spiro atoms. The van der Waals surface area contributed by atoms with E-state index >= 15 is 0 Å². The molecule has 0 saturated heterocycles. The van der Waals surface area contributed by atoms with E-state index in [9.17, 15) is 24.9 Å². The third-order valence-electron chi connectivity index (χ3n) is 8.44. The number of aliphatic hydroxyl groups is 3. The summed E-state index contributed by atoms with van der Waals surface area (Å²) in [4.78, 5) is 29.1. The van der Waals surface area contributed by atoms with E-state index in [0.29, 0.717) is 53.3 Å². The van der Waals surface area contributed by atoms with Crippen LogP contribution >= 0.6 is 0 Å². The average molecular weight is 611 g/mol. The monoisotopic (exact) mass is 610 g/mol. The van der Waals surface area contributed by atoms with Gasteiger partial charge >= 0.3 is 0 Å². The number of methoxy groups -OCH3 is 2. The molecule has 4 rings (SSSR count). The van der Waals surface area contributed by atoms with Crippen LogP contribution in [0.2, 0.25) is 0 Å². The molecule has 0 fully saturated rings. The van der Waals surface area contributed by atoms with E-state index in [4.69, 9.17) is 14.2 Å². The summed E-state index contributed by atoms with van der Waals surface area (Å²) >= 11 is 0. The second-order valence-electron chi connectivity index (χ2n) is 11.4. The van der Waals surface area contributed by atoms with E-state index in [-0.39, 0.29) is 25.7 Å². The van der Waals surface area contributed by atoms with Crippen molar-refractivity contribution in [1.29, 1.82) is 0 Å². The van der Waals surface area contributed by atoms with Gasteiger partial charge in [0.25, 0.3) is 0 Å². The van der Waals surface area contributed by atoms with Crippen molar-refractivity contribution < 1.29 is 39.1 Å². The highest BCUT2D eigenvalue weighted by atomic mass is 16.5. The predicted octanol–water partition coefficient (Wildman–Crippen LogP) is 3.25. The average Bonchev–Trinajstić information content (AvgIpc) is 3.44. The van der Waals surface area contributed by atoms with Gasteiger partial charge in [-0.3, -0.25) is 9.59 Å². The van der Waals surface area contributed by atoms with Gasteiger partial charge < -0.3 is 39.7 Å². The first kappa shape index (κ1) is 33.3. The Labute approximate surface area is 259 Å². The van der Waals surface area contributed by atoms with Gasteiger partial charge in [-0.15, -0.1) is 0 Å². The zero-order valence-corrected chi connectivity index (χ0v) is 26.0. The molecule has 1 aliphatic heterocycles. The normalized spacial score (nSPS) is 20.2. The van der Waals surface area contributed by atoms with E-state index in [1.54, 1.807) is 30.2 Å². The second kappa shape index (κ2) is 15.9. The van der Waals surface area contributed by atoms with Gasteiger partial charge in [0.1, 0.15) is 18.0 Å². The van der Waals surface area contributed by atoms with Crippen LogP contribution in [-0.2, 0) is 22.6 Å². The van der Waals surface area contributed by atoms with Crippen LogP contribution in [0.4, 0.5) is 0 Å². The predicted molar refractivity (Wildman–Crippen MR) is 166 cm³/mol. The van der Waals surface area contributed by atoms with Crippen molar-refractivity contribution in [3.8, 4) is 17.2 Å². The number of rotatable bonds is 16. The number of nitrogens with one attached hydrogen (secondary N) is 1. The summed E-state index contributed by atoms with van der Waals surface area (Å²) in [5.74, 6) is 0.306. The minimum Gasteiger partial charge on any atom is -0.497 e. The zero-order chi connectivity index (χ0) is 31.6. The molecule has 10 nitrogen and oxygen atoms in total. The Bertz CT molecular complexity index is 1310. The molecule has 0 unspecified atom stereocenters. The number of amides is 2. The van der Waals surface area contributed by atoms with E-state index in [0.717, 1.165) is 37.7 Å². The van der Waals surface area contributed by atoms with E-state index < -0.39 is 30.1 Å². The van der Waals surface area contributed by atoms with Crippen LogP contribution in [0.1, 0.15) is 68.1 Å². The first-order valence-electron chi connectivity index (χ1n) is 15.6. The third kappa shape index (κ3) is 7.54. The minimum absolute atomic E-state index is 0.0464. The molecule has 1 aliphatic carbocycles. The Morgan fingerprint density at radius 2 is 1.82 bits per heavy atom. The van der Waals surface area contributed by atoms with E-state index in [1.807, 2.05) is 24.3 Å². The molecule has 2 amide bonds. The summed E-state index contributed by atoms with van der Waals surface area (Å²) in [6.45, 7) is 2.02. The molecule has 0 aromatic heterocycles. The highest BCUT2D eigenvalue weighted by molar-refractivity contribution is 5.96. The molecule has 2 aliphatic rings. The summed E-state index contributed by atoms with van der Waals surface area (Å²) in [5.41, 5.74) is 2.50. The summed E-state index contributed by atoms with van der Waals surface area (Å²) in [7, 11) is 3.10. The van der Waals surface area contributed by atoms with Crippen LogP contribution < -0.4 is 19.5 Å². The molecule has 10 heteroatoms. The number of hydrogen-bond acceptors (Lipinski definition) is 8. The maximum atomic E-state index is 13.8. The lowest BCUT2D eigenvalue weighted by Crippen LogP contribution is -2.56. The fraction of sp³-hybridized carbons (Fsp3) is 0.529. The highest BCUT2D eigenvalue weighted by Crippen LogP contribution is 2.51. The van der Waals surface area contributed by atoms with Gasteiger partial charge in [0, 0.05) is 30.6 Å². The number of hydrogen-bond donors (Lipinski definition) is 4. The Morgan fingerprint density at radius 1 is 1.02 bits per heavy atom. The van der Waals surface area contributed by atoms with Crippen LogP contribution in [0.25, 0.3) is 0 Å². The first-order valence-corrected chi connectivity index (χ1v) is 15.6. The van der Waals surface area contributed by atoms with Crippen LogP contribution in [0.5, 0.6) is 17.2 Å². The van der Waals surface area contributed by atoms with Gasteiger partial charge in [0.2, 0.25) is 11.8 Å². The lowest BCUT2D eigenvalue weighted by molar-refractivity contribution is -0.137. The lowest BCUT2D eigenvalue weighted by Gasteiger charge is -2.41. The number of unbranched alkanes of at least 4 members (excludes halogenated alkanes) is 4. The lowest BCUT2D eigenvalue weighted by atomic mass is 9.77. The molecule has 4 atom stereocenters. The molecule has 0 saturated carbocycles. The van der Waals surface area contributed by atoms with E-state index in [2.05, 4.69) is 12.2 Å². The van der Waals surface area contributed by atoms with Crippen molar-refractivity contribution in [3.05, 3.63) is 64.7 Å². The van der Waals surface area contributed by atoms with Crippen LogP contribution in [-0.4, -0.2) is 84.2 Å². The quantitative estimate of drug-likeness (QED) is 0.213. The molecule has 2 aromatic rings. The molecule has 2 aromatic carbocycles. The summed E-state index contributed by atoms with van der Waals surface area (Å²) in [6, 6.07) is 10.2. The Kier molecular flexibility index (Phi) is 12.1. The molecular weight excluding hydrogens is 564 g/mol. The molecule has 0 radical (unpaired) electrons. The molecule has 1 heterocycles. The van der Waals surface area contributed by atoms with Crippen LogP contribution in [0, 0.1) is 0 Å². The molecular formula is C34H46N2O8. The SMILES string of the molecule is CCCCCCCC(=O)N(CCc1cccc(OC)c1)[C@@H]1C=C(C(=O)NCCO)[C@@H]2c3cc(CO)cc(OC)c3O[C@@H]2[C@H]1O. The smallest absolute Gasteiger partial charge is 0.247 e. The summed E-state index contributed by atoms with van der Waals surface area (Å²) < 4.78 is 17.3. The molecule has 240 valence electrons. The van der Waals surface area contributed by atoms with Gasteiger partial charge in [-0.2, -0.15) is 0 Å². The maximum absolute atomic E-state index is 13.8. The number of aliphatic hydroxyl groups excluding tert-OH is 3. The number of carbonyl (C=O) groups excluding carboxylic acids is 2. The fourth-order valence-corrected chi connectivity index (χ4v) is 6.16. The van der Waals surface area contributed by atoms with Crippen molar-refractivity contribution in [2.24, 2.45) is 0 Å². The van der Waals surface area contributed by atoms with Crippen molar-refractivity contribution in [2.75, 3.05) is 33.9 Å². The Morgan fingerprint density at radius 3 is 2.52 bits per heavy atom. The van der Waals surface area contributed by atoms with Crippen molar-refractivity contribution in [3.63, 3.8) is 0 Å². The summed E-state index contributed by atoms with van der Waals surface area (Å²) in [5, 5.41) is 33.9. The van der Waals surface area contributed by atoms with Crippen LogP contribution in [0.3, 0.4) is 0 Å². The van der Waals surface area contributed by atoms with Gasteiger partial charge in [0.15, 0.2) is 11.5 Å². The molecule has 44 heavy (non-hydrogen) atoms. The maximum Gasteiger partial charge on any atom is 0.247 e. The number of nitrogens with zero attached hydrogens (tertiary/aromatic N) is 1. The second-order valence-corrected chi connectivity index (χ2v) is 11.4. The first-order chi connectivity index (χ1) is 21.4. The number of fused-ring (bicyclic) bond motifs is 3. The fourth-order valence-electron chi connectivity index (χ4n) is 6.16. The Balaban J connectivity index is 1.71. The van der Waals surface area contributed by atoms with Crippen molar-refractivity contribution in [2.45, 2.75) is 82.6 Å². The number of benzene rings is 2. The summed E-state index contributed by atoms with van der Waals surface area (Å²) in [6.07, 6.45) is 5.45. The van der Waals surface area contributed by atoms with Crippen LogP contribution in [0.15, 0.2) is 48.0 Å². The topological polar surface area (TPSA) is 138 Å². The van der Waals surface area contributed by atoms with Gasteiger partial charge in [-0.05, 0) is 54.3 Å². The van der Waals surface area contributed by atoms with Crippen molar-refractivity contribution >= 4 is 11.8 Å². The molecule has 0 bridgehead atoms. The number of ether oxygens (including phenoxy) is 3. The standard InChI is InChI=1S/C34H46N2O8/c1-4-5-6-7-8-12-29(39)36(15-13-22-10-9-11-24(17-22)42-2)27-20-26(34(41)35-14-16-37)30-25-18-23(21-38)19-28(43-3)32(25)44-33(30)31(27)40/h9-11,17-20,27,30-31,33,37-38,40H,4-8,12-16,21H2,1-3H3,(H,35,41)/t27-,30+,31+,33+/m1/s1. The van der Waals surface area contributed by atoms with Gasteiger partial charge in [0.05, 0.1) is 39.4 Å². The third-order valence-corrected chi connectivity index (χ3v) is 8.44. The van der Waals surface area contributed by atoms with E-state index in [1.165, 1.54) is 7.11 Å². The Hall–Kier alpha value is -3.60. The zero-order valence-electron chi connectivity index (χ0n) is 26.0. The van der Waals surface area contributed by atoms with Crippen molar-refractivity contribution in [1.82, 2.24) is 10.2 Å². The highest BCUT2D eigenvalue weighted by Gasteiger charge is 2.51. The number of carbonyl (C=O) groups is 2. The minimum atomic E-state index is -1.15. The largest absolute Gasteiger partial charge is 0.497 e. The van der Waals surface area contributed by atoms with Gasteiger partial charge in [-0.1, -0.05) is 44.7 Å². The van der Waals surface area contributed by atoms with Gasteiger partial charge in [-0.25, -0.2) is 0 Å². The molecule has 4 N–H and O–H groups in total.